The molecule has 0 bridgehead atoms. The Kier molecular flexibility index (Phi) is 4.30. The van der Waals surface area contributed by atoms with E-state index in [4.69, 9.17) is 10.5 Å². The Morgan fingerprint density at radius 2 is 1.73 bits per heavy atom. The van der Waals surface area contributed by atoms with Crippen molar-refractivity contribution in [2.75, 3.05) is 11.1 Å². The van der Waals surface area contributed by atoms with E-state index in [1.165, 1.54) is 6.33 Å². The molecule has 0 radical (unpaired) electrons. The van der Waals surface area contributed by atoms with Crippen molar-refractivity contribution in [1.29, 1.82) is 0 Å². The van der Waals surface area contributed by atoms with E-state index in [1.54, 1.807) is 6.20 Å². The van der Waals surface area contributed by atoms with E-state index in [-0.39, 0.29) is 0 Å². The van der Waals surface area contributed by atoms with Gasteiger partial charge in [0.15, 0.2) is 11.6 Å². The maximum atomic E-state index is 6.21. The van der Waals surface area contributed by atoms with Gasteiger partial charge in [-0.05, 0) is 17.7 Å². The average molecular weight is 343 g/mol. The minimum absolute atomic E-state index is 0.300. The number of hydrogen-bond acceptors (Lipinski definition) is 6. The van der Waals surface area contributed by atoms with E-state index in [2.05, 4.69) is 20.3 Å². The number of nitrogens with one attached hydrogen (secondary N) is 1. The summed E-state index contributed by atoms with van der Waals surface area (Å²) in [4.78, 5) is 12.8. The molecule has 0 fully saturated rings. The largest absolute Gasteiger partial charge is 0.435 e. The number of nitrogens with zero attached hydrogens (tertiary/aromatic N) is 3. The standard InChI is InChI=1S/C20H17N5O/c21-17-19(23-12-14-6-2-1-3-7-14)24-13-25-20(17)26-16-10-4-8-15-9-5-11-22-18(15)16/h1-11,13H,12,21H2,(H,23,24,25). The molecule has 0 aliphatic rings. The minimum atomic E-state index is 0.300. The molecule has 2 aromatic heterocycles. The highest BCUT2D eigenvalue weighted by Gasteiger charge is 2.12. The lowest BCUT2D eigenvalue weighted by molar-refractivity contribution is 0.469. The van der Waals surface area contributed by atoms with Gasteiger partial charge in [-0.15, -0.1) is 0 Å². The average Bonchev–Trinajstić information content (AvgIpc) is 2.70. The van der Waals surface area contributed by atoms with E-state index in [0.29, 0.717) is 29.7 Å². The van der Waals surface area contributed by atoms with Gasteiger partial charge in [-0.3, -0.25) is 4.98 Å². The molecule has 26 heavy (non-hydrogen) atoms. The monoisotopic (exact) mass is 343 g/mol. The fraction of sp³-hybridized carbons (Fsp3) is 0.0500. The summed E-state index contributed by atoms with van der Waals surface area (Å²) in [5.41, 5.74) is 8.45. The quantitative estimate of drug-likeness (QED) is 0.569. The summed E-state index contributed by atoms with van der Waals surface area (Å²) in [6, 6.07) is 19.6. The maximum absolute atomic E-state index is 6.21. The third kappa shape index (κ3) is 3.25. The summed E-state index contributed by atoms with van der Waals surface area (Å²) in [6.45, 7) is 0.608. The van der Waals surface area contributed by atoms with Crippen molar-refractivity contribution in [3.05, 3.63) is 78.8 Å². The number of nitrogen functional groups attached to an aromatic ring is 1. The summed E-state index contributed by atoms with van der Waals surface area (Å²) in [5.74, 6) is 1.43. The van der Waals surface area contributed by atoms with E-state index in [9.17, 15) is 0 Å². The lowest BCUT2D eigenvalue weighted by Crippen LogP contribution is -2.06. The van der Waals surface area contributed by atoms with Gasteiger partial charge in [-0.2, -0.15) is 4.98 Å². The van der Waals surface area contributed by atoms with Crippen molar-refractivity contribution in [3.63, 3.8) is 0 Å². The molecule has 0 saturated heterocycles. The maximum Gasteiger partial charge on any atom is 0.248 e. The summed E-state index contributed by atoms with van der Waals surface area (Å²) >= 11 is 0. The van der Waals surface area contributed by atoms with Crippen LogP contribution >= 0.6 is 0 Å². The van der Waals surface area contributed by atoms with Crippen molar-refractivity contribution in [2.45, 2.75) is 6.54 Å². The van der Waals surface area contributed by atoms with E-state index < -0.39 is 0 Å². The van der Waals surface area contributed by atoms with Gasteiger partial charge in [0, 0.05) is 18.1 Å². The van der Waals surface area contributed by atoms with Crippen LogP contribution in [0.2, 0.25) is 0 Å². The molecule has 0 amide bonds. The molecule has 6 heteroatoms. The van der Waals surface area contributed by atoms with Crippen LogP contribution < -0.4 is 15.8 Å². The fourth-order valence-corrected chi connectivity index (χ4v) is 2.65. The fourth-order valence-electron chi connectivity index (χ4n) is 2.65. The molecule has 0 spiro atoms. The number of hydrogen-bond donors (Lipinski definition) is 2. The van der Waals surface area contributed by atoms with Crippen LogP contribution in [0.5, 0.6) is 11.6 Å². The molecule has 4 aromatic rings. The highest BCUT2D eigenvalue weighted by atomic mass is 16.5. The number of pyridine rings is 1. The van der Waals surface area contributed by atoms with Gasteiger partial charge >= 0.3 is 0 Å². The second-order valence-corrected chi connectivity index (χ2v) is 5.71. The van der Waals surface area contributed by atoms with Crippen molar-refractivity contribution < 1.29 is 4.74 Å². The second-order valence-electron chi connectivity index (χ2n) is 5.71. The lowest BCUT2D eigenvalue weighted by Gasteiger charge is -2.12. The molecule has 3 N–H and O–H groups in total. The van der Waals surface area contributed by atoms with Gasteiger partial charge in [0.25, 0.3) is 0 Å². The molecule has 0 aliphatic heterocycles. The first-order valence-electron chi connectivity index (χ1n) is 8.21. The second kappa shape index (κ2) is 7.06. The lowest BCUT2D eigenvalue weighted by atomic mass is 10.2. The number of rotatable bonds is 5. The van der Waals surface area contributed by atoms with Gasteiger partial charge in [0.2, 0.25) is 5.88 Å². The Balaban J connectivity index is 1.59. The van der Waals surface area contributed by atoms with E-state index in [1.807, 2.05) is 60.7 Å². The van der Waals surface area contributed by atoms with Crippen LogP contribution in [0.25, 0.3) is 10.9 Å². The number of anilines is 2. The molecule has 2 heterocycles. The highest BCUT2D eigenvalue weighted by Crippen LogP contribution is 2.32. The third-order valence-corrected chi connectivity index (χ3v) is 3.95. The predicted octanol–water partition coefficient (Wildman–Crippen LogP) is 4.01. The Morgan fingerprint density at radius 1 is 0.885 bits per heavy atom. The molecule has 2 aromatic carbocycles. The van der Waals surface area contributed by atoms with Crippen LogP contribution in [0.4, 0.5) is 11.5 Å². The molecule has 0 aliphatic carbocycles. The van der Waals surface area contributed by atoms with Crippen LogP contribution in [0.15, 0.2) is 73.2 Å². The van der Waals surface area contributed by atoms with Crippen LogP contribution in [-0.4, -0.2) is 15.0 Å². The molecule has 6 nitrogen and oxygen atoms in total. The Morgan fingerprint density at radius 3 is 2.62 bits per heavy atom. The number of benzene rings is 2. The van der Waals surface area contributed by atoms with E-state index in [0.717, 1.165) is 16.5 Å². The smallest absolute Gasteiger partial charge is 0.248 e. The topological polar surface area (TPSA) is 86.0 Å². The van der Waals surface area contributed by atoms with Gasteiger partial charge < -0.3 is 15.8 Å². The van der Waals surface area contributed by atoms with Crippen molar-refractivity contribution >= 4 is 22.4 Å². The normalized spacial score (nSPS) is 10.6. The van der Waals surface area contributed by atoms with E-state index >= 15 is 0 Å². The molecule has 0 saturated carbocycles. The summed E-state index contributed by atoms with van der Waals surface area (Å²) in [5, 5.41) is 4.21. The first-order valence-corrected chi connectivity index (χ1v) is 8.21. The van der Waals surface area contributed by atoms with Gasteiger partial charge in [0.1, 0.15) is 17.5 Å². The van der Waals surface area contributed by atoms with Gasteiger partial charge in [-0.1, -0.05) is 48.5 Å². The zero-order valence-corrected chi connectivity index (χ0v) is 14.0. The molecular weight excluding hydrogens is 326 g/mol. The molecule has 0 unspecified atom stereocenters. The van der Waals surface area contributed by atoms with Crippen molar-refractivity contribution in [3.8, 4) is 11.6 Å². The Labute approximate surface area is 150 Å². The number of aromatic nitrogens is 3. The molecule has 4 rings (SSSR count). The number of para-hydroxylation sites is 1. The Bertz CT molecular complexity index is 1030. The third-order valence-electron chi connectivity index (χ3n) is 3.95. The van der Waals surface area contributed by atoms with Gasteiger partial charge in [0.05, 0.1) is 0 Å². The summed E-state index contributed by atoms with van der Waals surface area (Å²) in [6.07, 6.45) is 3.16. The predicted molar refractivity (Wildman–Crippen MR) is 102 cm³/mol. The van der Waals surface area contributed by atoms with Crippen molar-refractivity contribution in [2.24, 2.45) is 0 Å². The van der Waals surface area contributed by atoms with Crippen LogP contribution in [-0.2, 0) is 6.54 Å². The van der Waals surface area contributed by atoms with Crippen LogP contribution in [0.1, 0.15) is 5.56 Å². The SMILES string of the molecule is Nc1c(NCc2ccccc2)ncnc1Oc1cccc2cccnc12. The zero-order chi connectivity index (χ0) is 17.8. The Hall–Kier alpha value is -3.67. The van der Waals surface area contributed by atoms with Gasteiger partial charge in [-0.25, -0.2) is 4.98 Å². The first kappa shape index (κ1) is 15.8. The summed E-state index contributed by atoms with van der Waals surface area (Å²) in [7, 11) is 0. The molecule has 0 atom stereocenters. The summed E-state index contributed by atoms with van der Waals surface area (Å²) < 4.78 is 5.94. The highest BCUT2D eigenvalue weighted by molar-refractivity contribution is 5.84. The van der Waals surface area contributed by atoms with Crippen LogP contribution in [0, 0.1) is 0 Å². The number of nitrogens with two attached hydrogens (primary N) is 1. The molecular formula is C20H17N5O. The molecule has 128 valence electrons. The first-order chi connectivity index (χ1) is 12.8. The van der Waals surface area contributed by atoms with Crippen LogP contribution in [0.3, 0.4) is 0 Å². The van der Waals surface area contributed by atoms with Crippen molar-refractivity contribution in [1.82, 2.24) is 15.0 Å². The number of ether oxygens (including phenoxy) is 1. The zero-order valence-electron chi connectivity index (χ0n) is 14.0. The number of fused-ring (bicyclic) bond motifs is 1. The minimum Gasteiger partial charge on any atom is -0.435 e.